The van der Waals surface area contributed by atoms with Gasteiger partial charge in [-0.3, -0.25) is 0 Å². The summed E-state index contributed by atoms with van der Waals surface area (Å²) in [5.41, 5.74) is 2.30. The summed E-state index contributed by atoms with van der Waals surface area (Å²) in [6.07, 6.45) is 3.04. The number of imidazole rings is 1. The molecule has 4 aromatic rings. The quantitative estimate of drug-likeness (QED) is 0.258. The van der Waals surface area contributed by atoms with E-state index in [1.807, 2.05) is 6.07 Å². The molecule has 0 spiro atoms. The van der Waals surface area contributed by atoms with Crippen molar-refractivity contribution in [1.82, 2.24) is 24.7 Å². The van der Waals surface area contributed by atoms with Crippen LogP contribution in [0.15, 0.2) is 66.9 Å². The Morgan fingerprint density at radius 1 is 1.12 bits per heavy atom. The second kappa shape index (κ2) is 9.13. The molecule has 0 fully saturated rings. The SMILES string of the molecule is COC(=O)/C(=C(/O)COC(=O)c1ccc(Cn2cncn2)cc1)c1nc2ccccc2[nH]1. The van der Waals surface area contributed by atoms with Gasteiger partial charge in [0.25, 0.3) is 0 Å². The zero-order valence-corrected chi connectivity index (χ0v) is 17.1. The first kappa shape index (κ1) is 20.8. The number of carbonyl (C=O) groups excluding carboxylic acids is 2. The largest absolute Gasteiger partial charge is 0.508 e. The summed E-state index contributed by atoms with van der Waals surface area (Å²) in [7, 11) is 1.19. The van der Waals surface area contributed by atoms with Crippen LogP contribution in [-0.4, -0.2) is 55.5 Å². The number of para-hydroxylation sites is 2. The number of aliphatic hydroxyl groups is 1. The predicted molar refractivity (Wildman–Crippen MR) is 114 cm³/mol. The van der Waals surface area contributed by atoms with Gasteiger partial charge in [-0.1, -0.05) is 24.3 Å². The Bertz CT molecular complexity index is 1240. The van der Waals surface area contributed by atoms with Crippen LogP contribution in [0.5, 0.6) is 0 Å². The molecule has 0 aliphatic heterocycles. The third-order valence-electron chi connectivity index (χ3n) is 4.65. The molecule has 0 saturated carbocycles. The lowest BCUT2D eigenvalue weighted by Crippen LogP contribution is -2.14. The molecular formula is C22H19N5O5. The first-order chi connectivity index (χ1) is 15.5. The van der Waals surface area contributed by atoms with E-state index in [1.165, 1.54) is 13.4 Å². The van der Waals surface area contributed by atoms with Gasteiger partial charge >= 0.3 is 11.9 Å². The van der Waals surface area contributed by atoms with Gasteiger partial charge in [-0.2, -0.15) is 5.10 Å². The van der Waals surface area contributed by atoms with Gasteiger partial charge in [-0.05, 0) is 29.8 Å². The van der Waals surface area contributed by atoms with Crippen LogP contribution in [-0.2, 0) is 20.8 Å². The molecule has 0 amide bonds. The smallest absolute Gasteiger partial charge is 0.345 e. The summed E-state index contributed by atoms with van der Waals surface area (Å²) >= 11 is 0. The fourth-order valence-corrected chi connectivity index (χ4v) is 3.06. The highest BCUT2D eigenvalue weighted by molar-refractivity contribution is 6.16. The maximum absolute atomic E-state index is 12.4. The number of hydrogen-bond acceptors (Lipinski definition) is 8. The number of carbonyl (C=O) groups is 2. The van der Waals surface area contributed by atoms with Crippen molar-refractivity contribution in [2.24, 2.45) is 0 Å². The van der Waals surface area contributed by atoms with Crippen molar-refractivity contribution in [3.63, 3.8) is 0 Å². The number of ether oxygens (including phenoxy) is 2. The van der Waals surface area contributed by atoms with Crippen molar-refractivity contribution < 1.29 is 24.2 Å². The number of nitrogens with zero attached hydrogens (tertiary/aromatic N) is 4. The summed E-state index contributed by atoms with van der Waals surface area (Å²) in [4.78, 5) is 35.8. The standard InChI is InChI=1S/C22H19N5O5/c1-31-22(30)19(20-25-16-4-2-3-5-17(16)26-20)18(28)11-32-21(29)15-8-6-14(7-9-15)10-27-13-23-12-24-27/h2-9,12-13,28H,10-11H2,1H3,(H,25,26)/b19-18+. The van der Waals surface area contributed by atoms with E-state index < -0.39 is 24.3 Å². The molecule has 0 aliphatic carbocycles. The van der Waals surface area contributed by atoms with Crippen LogP contribution in [0.3, 0.4) is 0 Å². The number of esters is 2. The molecule has 10 heteroatoms. The van der Waals surface area contributed by atoms with Gasteiger partial charge < -0.3 is 19.6 Å². The number of benzene rings is 2. The van der Waals surface area contributed by atoms with Gasteiger partial charge in [0, 0.05) is 0 Å². The molecule has 0 bridgehead atoms. The van der Waals surface area contributed by atoms with Crippen LogP contribution in [0.2, 0.25) is 0 Å². The van der Waals surface area contributed by atoms with Crippen molar-refractivity contribution >= 4 is 28.5 Å². The maximum Gasteiger partial charge on any atom is 0.345 e. The van der Waals surface area contributed by atoms with Gasteiger partial charge in [0.1, 0.15) is 36.4 Å². The number of aromatic amines is 1. The van der Waals surface area contributed by atoms with Crippen LogP contribution in [0.4, 0.5) is 0 Å². The Hall–Kier alpha value is -4.47. The summed E-state index contributed by atoms with van der Waals surface area (Å²) in [5.74, 6) is -1.83. The van der Waals surface area contributed by atoms with E-state index in [4.69, 9.17) is 9.47 Å². The van der Waals surface area contributed by atoms with Crippen LogP contribution < -0.4 is 0 Å². The molecular weight excluding hydrogens is 414 g/mol. The highest BCUT2D eigenvalue weighted by atomic mass is 16.5. The Morgan fingerprint density at radius 2 is 1.91 bits per heavy atom. The van der Waals surface area contributed by atoms with Crippen molar-refractivity contribution in [1.29, 1.82) is 0 Å². The molecule has 2 heterocycles. The molecule has 10 nitrogen and oxygen atoms in total. The lowest BCUT2D eigenvalue weighted by molar-refractivity contribution is -0.133. The zero-order valence-electron chi connectivity index (χ0n) is 17.1. The third kappa shape index (κ3) is 4.48. The average Bonchev–Trinajstić information content (AvgIpc) is 3.47. The van der Waals surface area contributed by atoms with E-state index in [2.05, 4.69) is 20.1 Å². The van der Waals surface area contributed by atoms with Crippen LogP contribution >= 0.6 is 0 Å². The number of hydrogen-bond donors (Lipinski definition) is 2. The number of rotatable bonds is 7. The minimum atomic E-state index is -0.810. The molecule has 162 valence electrons. The Balaban J connectivity index is 1.48. The van der Waals surface area contributed by atoms with E-state index in [9.17, 15) is 14.7 Å². The molecule has 0 radical (unpaired) electrons. The van der Waals surface area contributed by atoms with Crippen molar-refractivity contribution in [3.05, 3.63) is 83.9 Å². The van der Waals surface area contributed by atoms with Crippen LogP contribution in [0.25, 0.3) is 16.6 Å². The van der Waals surface area contributed by atoms with E-state index in [1.54, 1.807) is 53.5 Å². The Morgan fingerprint density at radius 3 is 2.59 bits per heavy atom. The van der Waals surface area contributed by atoms with E-state index in [-0.39, 0.29) is 11.4 Å². The first-order valence-corrected chi connectivity index (χ1v) is 9.59. The Kier molecular flexibility index (Phi) is 5.93. The zero-order chi connectivity index (χ0) is 22.5. The van der Waals surface area contributed by atoms with Crippen LogP contribution in [0.1, 0.15) is 21.7 Å². The monoisotopic (exact) mass is 433 g/mol. The summed E-state index contributed by atoms with van der Waals surface area (Å²) < 4.78 is 11.6. The molecule has 0 atom stereocenters. The molecule has 2 aromatic heterocycles. The third-order valence-corrected chi connectivity index (χ3v) is 4.65. The highest BCUT2D eigenvalue weighted by Crippen LogP contribution is 2.21. The molecule has 2 N–H and O–H groups in total. The Labute approximate surface area is 182 Å². The van der Waals surface area contributed by atoms with Crippen molar-refractivity contribution in [3.8, 4) is 0 Å². The fraction of sp³-hybridized carbons (Fsp3) is 0.136. The van der Waals surface area contributed by atoms with Gasteiger partial charge in [0.15, 0.2) is 0 Å². The lowest BCUT2D eigenvalue weighted by atomic mass is 10.1. The average molecular weight is 433 g/mol. The lowest BCUT2D eigenvalue weighted by Gasteiger charge is -2.09. The van der Waals surface area contributed by atoms with E-state index in [0.717, 1.165) is 5.56 Å². The van der Waals surface area contributed by atoms with Gasteiger partial charge in [0.05, 0.1) is 30.3 Å². The molecule has 2 aromatic carbocycles. The second-order valence-corrected chi connectivity index (χ2v) is 6.78. The summed E-state index contributed by atoms with van der Waals surface area (Å²) in [6.45, 7) is -0.0140. The number of H-pyrrole nitrogens is 1. The van der Waals surface area contributed by atoms with Crippen molar-refractivity contribution in [2.75, 3.05) is 13.7 Å². The number of aromatic nitrogens is 5. The number of fused-ring (bicyclic) bond motifs is 1. The minimum Gasteiger partial charge on any atom is -0.508 e. The predicted octanol–water partition coefficient (Wildman–Crippen LogP) is 2.50. The number of methoxy groups -OCH3 is 1. The van der Waals surface area contributed by atoms with Gasteiger partial charge in [-0.15, -0.1) is 0 Å². The fourth-order valence-electron chi connectivity index (χ4n) is 3.06. The molecule has 32 heavy (non-hydrogen) atoms. The molecule has 4 rings (SSSR count). The minimum absolute atomic E-state index is 0.115. The van der Waals surface area contributed by atoms with E-state index in [0.29, 0.717) is 23.1 Å². The van der Waals surface area contributed by atoms with Crippen molar-refractivity contribution in [2.45, 2.75) is 6.54 Å². The second-order valence-electron chi connectivity index (χ2n) is 6.78. The first-order valence-electron chi connectivity index (χ1n) is 9.59. The summed E-state index contributed by atoms with van der Waals surface area (Å²) in [6, 6.07) is 13.9. The molecule has 0 unspecified atom stereocenters. The molecule has 0 aliphatic rings. The highest BCUT2D eigenvalue weighted by Gasteiger charge is 2.23. The van der Waals surface area contributed by atoms with Gasteiger partial charge in [-0.25, -0.2) is 24.2 Å². The molecule has 0 saturated heterocycles. The number of aliphatic hydroxyl groups excluding tert-OH is 1. The topological polar surface area (TPSA) is 132 Å². The maximum atomic E-state index is 12.4. The van der Waals surface area contributed by atoms with Gasteiger partial charge in [0.2, 0.25) is 0 Å². The van der Waals surface area contributed by atoms with E-state index >= 15 is 0 Å². The number of nitrogens with one attached hydrogen (secondary N) is 1. The van der Waals surface area contributed by atoms with Crippen LogP contribution in [0, 0.1) is 0 Å². The normalized spacial score (nSPS) is 11.8. The summed E-state index contributed by atoms with van der Waals surface area (Å²) in [5, 5.41) is 14.5.